The van der Waals surface area contributed by atoms with E-state index in [1.165, 1.54) is 0 Å². The number of rotatable bonds is 5. The van der Waals surface area contributed by atoms with Crippen molar-refractivity contribution < 1.29 is 4.79 Å². The van der Waals surface area contributed by atoms with Gasteiger partial charge in [-0.15, -0.1) is 0 Å². The van der Waals surface area contributed by atoms with Crippen molar-refractivity contribution in [2.75, 3.05) is 11.9 Å². The van der Waals surface area contributed by atoms with Crippen molar-refractivity contribution in [2.45, 2.75) is 0 Å². The first kappa shape index (κ1) is 14.1. The Morgan fingerprint density at radius 3 is 2.50 bits per heavy atom. The molecule has 0 bridgehead atoms. The largest absolute Gasteiger partial charge is 0.376 e. The van der Waals surface area contributed by atoms with Gasteiger partial charge in [0.1, 0.15) is 0 Å². The van der Waals surface area contributed by atoms with Crippen molar-refractivity contribution in [3.05, 3.63) is 65.2 Å². The number of hydrazone groups is 1. The first-order valence-electron chi connectivity index (χ1n) is 6.10. The number of benzene rings is 2. The molecule has 0 radical (unpaired) electrons. The van der Waals surface area contributed by atoms with E-state index in [0.29, 0.717) is 5.02 Å². The smallest absolute Gasteiger partial charge is 0.259 e. The van der Waals surface area contributed by atoms with E-state index in [2.05, 4.69) is 15.8 Å². The first-order valence-corrected chi connectivity index (χ1v) is 6.48. The number of nitrogens with zero attached hydrogens (tertiary/aromatic N) is 1. The monoisotopic (exact) mass is 287 g/mol. The summed E-state index contributed by atoms with van der Waals surface area (Å²) in [5.74, 6) is -0.209. The van der Waals surface area contributed by atoms with Crippen LogP contribution in [0.15, 0.2) is 59.7 Å². The Bertz CT molecular complexity index is 582. The van der Waals surface area contributed by atoms with Crippen LogP contribution in [0.4, 0.5) is 5.69 Å². The lowest BCUT2D eigenvalue weighted by molar-refractivity contribution is -0.119. The second-order valence-electron chi connectivity index (χ2n) is 4.06. The molecule has 102 valence electrons. The van der Waals surface area contributed by atoms with E-state index in [9.17, 15) is 4.79 Å². The third kappa shape index (κ3) is 4.74. The molecule has 0 spiro atoms. The standard InChI is InChI=1S/C15H14ClN3O/c16-13-8-6-12(7-9-13)10-18-19-15(20)11-17-14-4-2-1-3-5-14/h1-10,17H,11H2,(H,19,20). The average molecular weight is 288 g/mol. The van der Waals surface area contributed by atoms with Crippen molar-refractivity contribution in [3.8, 4) is 0 Å². The van der Waals surface area contributed by atoms with E-state index in [4.69, 9.17) is 11.6 Å². The van der Waals surface area contributed by atoms with Crippen LogP contribution in [0.5, 0.6) is 0 Å². The van der Waals surface area contributed by atoms with Crippen LogP contribution in [0.3, 0.4) is 0 Å². The Kier molecular flexibility index (Phi) is 5.15. The van der Waals surface area contributed by atoms with Gasteiger partial charge in [0.15, 0.2) is 0 Å². The van der Waals surface area contributed by atoms with Gasteiger partial charge in [0.2, 0.25) is 0 Å². The number of hydrogen-bond donors (Lipinski definition) is 2. The molecule has 20 heavy (non-hydrogen) atoms. The van der Waals surface area contributed by atoms with Crippen molar-refractivity contribution in [1.82, 2.24) is 5.43 Å². The lowest BCUT2D eigenvalue weighted by Gasteiger charge is -2.04. The molecule has 0 heterocycles. The highest BCUT2D eigenvalue weighted by Gasteiger charge is 1.98. The average Bonchev–Trinajstić information content (AvgIpc) is 2.48. The van der Waals surface area contributed by atoms with Crippen LogP contribution in [0.2, 0.25) is 5.02 Å². The number of amides is 1. The highest BCUT2D eigenvalue weighted by atomic mass is 35.5. The number of halogens is 1. The highest BCUT2D eigenvalue weighted by molar-refractivity contribution is 6.30. The summed E-state index contributed by atoms with van der Waals surface area (Å²) in [6.07, 6.45) is 1.57. The van der Waals surface area contributed by atoms with Gasteiger partial charge in [-0.1, -0.05) is 41.9 Å². The van der Waals surface area contributed by atoms with Gasteiger partial charge in [0, 0.05) is 10.7 Å². The minimum absolute atomic E-state index is 0.169. The summed E-state index contributed by atoms with van der Waals surface area (Å²) < 4.78 is 0. The first-order chi connectivity index (χ1) is 9.74. The quantitative estimate of drug-likeness (QED) is 0.656. The molecular formula is C15H14ClN3O. The Hall–Kier alpha value is -2.33. The third-order valence-corrected chi connectivity index (χ3v) is 2.75. The van der Waals surface area contributed by atoms with Crippen molar-refractivity contribution in [2.24, 2.45) is 5.10 Å². The Labute approximate surface area is 122 Å². The molecule has 0 saturated heterocycles. The number of carbonyl (C=O) groups is 1. The van der Waals surface area contributed by atoms with Gasteiger partial charge in [-0.3, -0.25) is 4.79 Å². The molecule has 0 aliphatic rings. The molecule has 0 aromatic heterocycles. The van der Waals surface area contributed by atoms with E-state index in [-0.39, 0.29) is 12.5 Å². The zero-order chi connectivity index (χ0) is 14.2. The van der Waals surface area contributed by atoms with Crippen molar-refractivity contribution in [1.29, 1.82) is 0 Å². The topological polar surface area (TPSA) is 53.5 Å². The number of hydrogen-bond acceptors (Lipinski definition) is 3. The second kappa shape index (κ2) is 7.31. The van der Waals surface area contributed by atoms with Crippen LogP contribution in [0.25, 0.3) is 0 Å². The van der Waals surface area contributed by atoms with E-state index < -0.39 is 0 Å². The molecule has 5 heteroatoms. The summed E-state index contributed by atoms with van der Waals surface area (Å²) in [7, 11) is 0. The maximum atomic E-state index is 11.6. The van der Waals surface area contributed by atoms with E-state index in [0.717, 1.165) is 11.3 Å². The Morgan fingerprint density at radius 2 is 1.80 bits per heavy atom. The van der Waals surface area contributed by atoms with Crippen LogP contribution >= 0.6 is 11.6 Å². The molecule has 2 N–H and O–H groups in total. The van der Waals surface area contributed by atoms with Crippen LogP contribution in [0.1, 0.15) is 5.56 Å². The zero-order valence-corrected chi connectivity index (χ0v) is 11.5. The maximum absolute atomic E-state index is 11.6. The van der Waals surface area contributed by atoms with E-state index >= 15 is 0 Å². The summed E-state index contributed by atoms with van der Waals surface area (Å²) >= 11 is 5.77. The Morgan fingerprint density at radius 1 is 1.10 bits per heavy atom. The summed E-state index contributed by atoms with van der Waals surface area (Å²) in [6, 6.07) is 16.7. The number of para-hydroxylation sites is 1. The summed E-state index contributed by atoms with van der Waals surface area (Å²) in [5, 5.41) is 7.54. The molecule has 0 unspecified atom stereocenters. The molecule has 2 aromatic rings. The molecular weight excluding hydrogens is 274 g/mol. The minimum Gasteiger partial charge on any atom is -0.376 e. The Balaban J connectivity index is 1.76. The van der Waals surface area contributed by atoms with E-state index in [1.807, 2.05) is 42.5 Å². The second-order valence-corrected chi connectivity index (χ2v) is 4.50. The number of anilines is 1. The van der Waals surface area contributed by atoms with Gasteiger partial charge in [-0.25, -0.2) is 5.43 Å². The molecule has 2 aromatic carbocycles. The normalized spacial score (nSPS) is 10.4. The fourth-order valence-corrected chi connectivity index (χ4v) is 1.63. The molecule has 0 aliphatic heterocycles. The fourth-order valence-electron chi connectivity index (χ4n) is 1.51. The molecule has 1 amide bonds. The lowest BCUT2D eigenvalue weighted by atomic mass is 10.2. The molecule has 0 aliphatic carbocycles. The van der Waals surface area contributed by atoms with Gasteiger partial charge >= 0.3 is 0 Å². The predicted molar refractivity (Wildman–Crippen MR) is 82.1 cm³/mol. The van der Waals surface area contributed by atoms with Gasteiger partial charge in [-0.05, 0) is 29.8 Å². The summed E-state index contributed by atoms with van der Waals surface area (Å²) in [5.41, 5.74) is 4.21. The summed E-state index contributed by atoms with van der Waals surface area (Å²) in [4.78, 5) is 11.6. The van der Waals surface area contributed by atoms with Crippen molar-refractivity contribution in [3.63, 3.8) is 0 Å². The molecule has 2 rings (SSSR count). The fraction of sp³-hybridized carbons (Fsp3) is 0.0667. The van der Waals surface area contributed by atoms with Crippen LogP contribution in [0, 0.1) is 0 Å². The molecule has 4 nitrogen and oxygen atoms in total. The SMILES string of the molecule is O=C(CNc1ccccc1)NN=Cc1ccc(Cl)cc1. The number of carbonyl (C=O) groups excluding carboxylic acids is 1. The third-order valence-electron chi connectivity index (χ3n) is 2.50. The maximum Gasteiger partial charge on any atom is 0.259 e. The molecule has 0 atom stereocenters. The van der Waals surface area contributed by atoms with E-state index in [1.54, 1.807) is 18.3 Å². The van der Waals surface area contributed by atoms with Gasteiger partial charge in [-0.2, -0.15) is 5.10 Å². The number of nitrogens with one attached hydrogen (secondary N) is 2. The molecule has 0 saturated carbocycles. The van der Waals surface area contributed by atoms with Crippen LogP contribution < -0.4 is 10.7 Å². The predicted octanol–water partition coefficient (Wildman–Crippen LogP) is 2.90. The van der Waals surface area contributed by atoms with Crippen LogP contribution in [-0.4, -0.2) is 18.7 Å². The van der Waals surface area contributed by atoms with Crippen LogP contribution in [-0.2, 0) is 4.79 Å². The lowest BCUT2D eigenvalue weighted by Crippen LogP contribution is -2.25. The van der Waals surface area contributed by atoms with Gasteiger partial charge in [0.25, 0.3) is 5.91 Å². The zero-order valence-electron chi connectivity index (χ0n) is 10.7. The summed E-state index contributed by atoms with van der Waals surface area (Å²) in [6.45, 7) is 0.169. The van der Waals surface area contributed by atoms with Crippen molar-refractivity contribution >= 4 is 29.4 Å². The van der Waals surface area contributed by atoms with Gasteiger partial charge < -0.3 is 5.32 Å². The highest BCUT2D eigenvalue weighted by Crippen LogP contribution is 2.07. The van der Waals surface area contributed by atoms with Gasteiger partial charge in [0.05, 0.1) is 12.8 Å². The molecule has 0 fully saturated rings. The minimum atomic E-state index is -0.209.